The summed E-state index contributed by atoms with van der Waals surface area (Å²) in [5, 5.41) is 3.57. The van der Waals surface area contributed by atoms with Crippen molar-refractivity contribution >= 4 is 0 Å². The summed E-state index contributed by atoms with van der Waals surface area (Å²) in [7, 11) is 0. The summed E-state index contributed by atoms with van der Waals surface area (Å²) in [5.74, 6) is 0. The summed E-state index contributed by atoms with van der Waals surface area (Å²) in [6.45, 7) is 10.5. The molecule has 1 N–H and O–H groups in total. The monoisotopic (exact) mass is 260 g/mol. The summed E-state index contributed by atoms with van der Waals surface area (Å²) < 4.78 is 0. The number of likely N-dealkylation sites (tertiary alicyclic amines) is 1. The molecule has 0 aromatic heterocycles. The maximum absolute atomic E-state index is 3.57. The van der Waals surface area contributed by atoms with Gasteiger partial charge in [0.2, 0.25) is 0 Å². The lowest BCUT2D eigenvalue weighted by atomic mass is 10.0. The Labute approximate surface area is 118 Å². The summed E-state index contributed by atoms with van der Waals surface area (Å²) >= 11 is 0. The summed E-state index contributed by atoms with van der Waals surface area (Å²) in [6, 6.07) is 6.81. The third-order valence-electron chi connectivity index (χ3n) is 4.19. The largest absolute Gasteiger partial charge is 0.316 e. The van der Waals surface area contributed by atoms with Gasteiger partial charge in [0.15, 0.2) is 0 Å². The molecule has 0 aliphatic carbocycles. The van der Waals surface area contributed by atoms with Crippen molar-refractivity contribution in [1.82, 2.24) is 10.2 Å². The second kappa shape index (κ2) is 7.66. The van der Waals surface area contributed by atoms with Gasteiger partial charge in [-0.25, -0.2) is 0 Å². The van der Waals surface area contributed by atoms with Crippen molar-refractivity contribution in [2.45, 2.75) is 39.5 Å². The summed E-state index contributed by atoms with van der Waals surface area (Å²) in [4.78, 5) is 2.59. The zero-order chi connectivity index (χ0) is 13.5. The first-order valence-electron chi connectivity index (χ1n) is 7.75. The molecule has 1 aliphatic heterocycles. The van der Waals surface area contributed by atoms with Gasteiger partial charge in [0.05, 0.1) is 0 Å². The van der Waals surface area contributed by atoms with E-state index in [-0.39, 0.29) is 0 Å². The fourth-order valence-electron chi connectivity index (χ4n) is 2.75. The molecule has 19 heavy (non-hydrogen) atoms. The van der Waals surface area contributed by atoms with Crippen LogP contribution in [0.15, 0.2) is 18.2 Å². The Morgan fingerprint density at radius 3 is 2.58 bits per heavy atom. The van der Waals surface area contributed by atoms with Crippen molar-refractivity contribution < 1.29 is 0 Å². The van der Waals surface area contributed by atoms with E-state index in [2.05, 4.69) is 42.3 Å². The Hall–Kier alpha value is -0.860. The van der Waals surface area contributed by atoms with Crippen LogP contribution in [0.3, 0.4) is 0 Å². The molecule has 1 aromatic rings. The number of nitrogens with one attached hydrogen (secondary N) is 1. The van der Waals surface area contributed by atoms with Crippen LogP contribution in [0.25, 0.3) is 0 Å². The normalized spacial score (nSPS) is 16.1. The zero-order valence-electron chi connectivity index (χ0n) is 12.5. The maximum Gasteiger partial charge on any atom is -0.000664 e. The first kappa shape index (κ1) is 14.5. The Morgan fingerprint density at radius 1 is 1.05 bits per heavy atom. The highest BCUT2D eigenvalue weighted by Crippen LogP contribution is 2.10. The molecule has 2 rings (SSSR count). The molecule has 1 aromatic carbocycles. The average molecular weight is 260 g/mol. The first-order valence-corrected chi connectivity index (χ1v) is 7.75. The predicted octanol–water partition coefficient (Wildman–Crippen LogP) is 2.92. The molecular formula is C17H28N2. The molecule has 1 fully saturated rings. The molecule has 1 saturated heterocycles. The lowest BCUT2D eigenvalue weighted by Gasteiger charge is -2.14. The zero-order valence-corrected chi connectivity index (χ0v) is 12.5. The smallest absolute Gasteiger partial charge is 0.000664 e. The number of benzene rings is 1. The number of hydrogen-bond donors (Lipinski definition) is 1. The third kappa shape index (κ3) is 4.96. The van der Waals surface area contributed by atoms with Crippen LogP contribution >= 0.6 is 0 Å². The molecule has 0 saturated carbocycles. The van der Waals surface area contributed by atoms with Gasteiger partial charge in [-0.15, -0.1) is 0 Å². The molecule has 0 spiro atoms. The van der Waals surface area contributed by atoms with Gasteiger partial charge in [0, 0.05) is 0 Å². The number of hydrogen-bond acceptors (Lipinski definition) is 2. The second-order valence-corrected chi connectivity index (χ2v) is 5.82. The molecule has 1 aliphatic rings. The number of rotatable bonds is 7. The van der Waals surface area contributed by atoms with Gasteiger partial charge in [-0.3, -0.25) is 0 Å². The van der Waals surface area contributed by atoms with E-state index in [4.69, 9.17) is 0 Å². The van der Waals surface area contributed by atoms with Crippen LogP contribution in [0.5, 0.6) is 0 Å². The summed E-state index contributed by atoms with van der Waals surface area (Å²) in [5.41, 5.74) is 4.25. The highest BCUT2D eigenvalue weighted by Gasteiger charge is 2.09. The highest BCUT2D eigenvalue weighted by atomic mass is 15.1. The van der Waals surface area contributed by atoms with Crippen molar-refractivity contribution in [2.75, 3.05) is 32.7 Å². The van der Waals surface area contributed by atoms with E-state index in [1.165, 1.54) is 55.6 Å². The van der Waals surface area contributed by atoms with Crippen LogP contribution in [0.2, 0.25) is 0 Å². The molecule has 0 amide bonds. The SMILES string of the molecule is Cc1ccc(CCNCCCN2CCCC2)cc1C. The minimum Gasteiger partial charge on any atom is -0.316 e. The third-order valence-corrected chi connectivity index (χ3v) is 4.19. The Bertz CT molecular complexity index is 381. The molecule has 0 unspecified atom stereocenters. The standard InChI is InChI=1S/C17H28N2/c1-15-6-7-17(14-16(15)2)8-10-18-9-5-13-19-11-3-4-12-19/h6-7,14,18H,3-5,8-13H2,1-2H3. The molecular weight excluding hydrogens is 232 g/mol. The van der Waals surface area contributed by atoms with Crippen molar-refractivity contribution in [2.24, 2.45) is 0 Å². The van der Waals surface area contributed by atoms with Crippen LogP contribution in [-0.2, 0) is 6.42 Å². The molecule has 0 bridgehead atoms. The number of aryl methyl sites for hydroxylation is 2. The van der Waals surface area contributed by atoms with Gasteiger partial charge >= 0.3 is 0 Å². The van der Waals surface area contributed by atoms with Gasteiger partial charge in [-0.2, -0.15) is 0 Å². The first-order chi connectivity index (χ1) is 9.25. The fourth-order valence-corrected chi connectivity index (χ4v) is 2.75. The lowest BCUT2D eigenvalue weighted by Crippen LogP contribution is -2.25. The van der Waals surface area contributed by atoms with Crippen LogP contribution in [0.4, 0.5) is 0 Å². The minimum atomic E-state index is 1.10. The molecule has 0 atom stereocenters. The number of nitrogens with zero attached hydrogens (tertiary/aromatic N) is 1. The van der Waals surface area contributed by atoms with Crippen LogP contribution < -0.4 is 5.32 Å². The van der Waals surface area contributed by atoms with E-state index in [1.54, 1.807) is 0 Å². The van der Waals surface area contributed by atoms with E-state index in [9.17, 15) is 0 Å². The molecule has 106 valence electrons. The highest BCUT2D eigenvalue weighted by molar-refractivity contribution is 5.29. The van der Waals surface area contributed by atoms with Gasteiger partial charge in [0.1, 0.15) is 0 Å². The Balaban J connectivity index is 1.54. The van der Waals surface area contributed by atoms with Crippen molar-refractivity contribution in [3.63, 3.8) is 0 Å². The molecule has 1 heterocycles. The van der Waals surface area contributed by atoms with Gasteiger partial charge in [-0.1, -0.05) is 18.2 Å². The van der Waals surface area contributed by atoms with Gasteiger partial charge in [0.25, 0.3) is 0 Å². The van der Waals surface area contributed by atoms with Gasteiger partial charge < -0.3 is 10.2 Å². The predicted molar refractivity (Wildman–Crippen MR) is 82.8 cm³/mol. The van der Waals surface area contributed by atoms with Crippen molar-refractivity contribution in [3.05, 3.63) is 34.9 Å². The van der Waals surface area contributed by atoms with Crippen LogP contribution in [0.1, 0.15) is 36.0 Å². The summed E-state index contributed by atoms with van der Waals surface area (Å²) in [6.07, 6.45) is 5.23. The Kier molecular flexibility index (Phi) is 5.87. The molecule has 2 heteroatoms. The topological polar surface area (TPSA) is 15.3 Å². The van der Waals surface area contributed by atoms with E-state index in [0.717, 1.165) is 19.5 Å². The minimum absolute atomic E-state index is 1.10. The van der Waals surface area contributed by atoms with Crippen molar-refractivity contribution in [1.29, 1.82) is 0 Å². The fraction of sp³-hybridized carbons (Fsp3) is 0.647. The quantitative estimate of drug-likeness (QED) is 0.758. The lowest BCUT2D eigenvalue weighted by molar-refractivity contribution is 0.331. The van der Waals surface area contributed by atoms with E-state index in [1.807, 2.05) is 0 Å². The van der Waals surface area contributed by atoms with Crippen molar-refractivity contribution in [3.8, 4) is 0 Å². The molecule has 0 radical (unpaired) electrons. The van der Waals surface area contributed by atoms with Gasteiger partial charge in [-0.05, 0) is 88.9 Å². The van der Waals surface area contributed by atoms with E-state index >= 15 is 0 Å². The Morgan fingerprint density at radius 2 is 1.84 bits per heavy atom. The van der Waals surface area contributed by atoms with E-state index in [0.29, 0.717) is 0 Å². The van der Waals surface area contributed by atoms with E-state index < -0.39 is 0 Å². The average Bonchev–Trinajstić information content (AvgIpc) is 2.91. The van der Waals surface area contributed by atoms with Crippen LogP contribution in [-0.4, -0.2) is 37.6 Å². The van der Waals surface area contributed by atoms with Crippen LogP contribution in [0, 0.1) is 13.8 Å². The maximum atomic E-state index is 3.57. The second-order valence-electron chi connectivity index (χ2n) is 5.82. The molecule has 2 nitrogen and oxygen atoms in total.